The van der Waals surface area contributed by atoms with Crippen molar-refractivity contribution in [1.82, 2.24) is 4.98 Å². The molecule has 0 amide bonds. The Bertz CT molecular complexity index is 526. The zero-order valence-corrected chi connectivity index (χ0v) is 10.3. The Balaban J connectivity index is 2.29. The Hall–Kier alpha value is -1.94. The van der Waals surface area contributed by atoms with Crippen LogP contribution in [0.4, 0.5) is 15.8 Å². The first kappa shape index (κ1) is 12.5. The lowest BCUT2D eigenvalue weighted by Crippen LogP contribution is -2.11. The van der Waals surface area contributed by atoms with Crippen LogP contribution in [0.3, 0.4) is 0 Å². The molecule has 1 aromatic heterocycles. The molecule has 1 aromatic carbocycles. The van der Waals surface area contributed by atoms with Gasteiger partial charge in [-0.15, -0.1) is 0 Å². The molecule has 2 rings (SSSR count). The minimum absolute atomic E-state index is 0.278. The van der Waals surface area contributed by atoms with Crippen molar-refractivity contribution in [1.29, 1.82) is 0 Å². The van der Waals surface area contributed by atoms with E-state index in [1.165, 1.54) is 6.07 Å². The maximum absolute atomic E-state index is 13.6. The van der Waals surface area contributed by atoms with Gasteiger partial charge in [-0.1, -0.05) is 12.1 Å². The smallest absolute Gasteiger partial charge is 0.146 e. The summed E-state index contributed by atoms with van der Waals surface area (Å²) in [4.78, 5) is 5.86. The number of anilines is 2. The van der Waals surface area contributed by atoms with Crippen LogP contribution < -0.4 is 4.90 Å². The number of pyridine rings is 1. The van der Waals surface area contributed by atoms with Crippen molar-refractivity contribution in [2.45, 2.75) is 13.0 Å². The van der Waals surface area contributed by atoms with E-state index in [1.54, 1.807) is 49.3 Å². The number of rotatable bonds is 3. The molecule has 1 heterocycles. The number of aromatic nitrogens is 1. The van der Waals surface area contributed by atoms with Gasteiger partial charge in [0.1, 0.15) is 5.82 Å². The summed E-state index contributed by atoms with van der Waals surface area (Å²) >= 11 is 0. The molecule has 1 N–H and O–H groups in total. The summed E-state index contributed by atoms with van der Waals surface area (Å²) in [5.74, 6) is -0.278. The maximum Gasteiger partial charge on any atom is 0.146 e. The first-order valence-corrected chi connectivity index (χ1v) is 5.72. The zero-order chi connectivity index (χ0) is 13.1. The van der Waals surface area contributed by atoms with E-state index in [0.717, 1.165) is 5.69 Å². The van der Waals surface area contributed by atoms with Crippen LogP contribution in [0.25, 0.3) is 0 Å². The molecule has 2 aromatic rings. The SMILES string of the molecule is CC(O)c1ccc(N(C)c2ccccc2F)cn1. The molecule has 3 nitrogen and oxygen atoms in total. The van der Waals surface area contributed by atoms with E-state index in [4.69, 9.17) is 0 Å². The average Bonchev–Trinajstić information content (AvgIpc) is 2.38. The largest absolute Gasteiger partial charge is 0.387 e. The lowest BCUT2D eigenvalue weighted by atomic mass is 10.2. The third-order valence-corrected chi connectivity index (χ3v) is 2.80. The molecule has 0 saturated heterocycles. The molecule has 0 aliphatic rings. The van der Waals surface area contributed by atoms with E-state index in [2.05, 4.69) is 4.98 Å². The number of hydrogen-bond donors (Lipinski definition) is 1. The number of aliphatic hydroxyl groups is 1. The van der Waals surface area contributed by atoms with Crippen molar-refractivity contribution < 1.29 is 9.50 Å². The predicted molar refractivity (Wildman–Crippen MR) is 69.3 cm³/mol. The van der Waals surface area contributed by atoms with Crippen LogP contribution in [0.15, 0.2) is 42.6 Å². The van der Waals surface area contributed by atoms with Gasteiger partial charge in [-0.25, -0.2) is 4.39 Å². The van der Waals surface area contributed by atoms with Crippen molar-refractivity contribution in [3.05, 3.63) is 54.1 Å². The van der Waals surface area contributed by atoms with Crippen molar-refractivity contribution >= 4 is 11.4 Å². The number of benzene rings is 1. The Morgan fingerprint density at radius 1 is 1.22 bits per heavy atom. The van der Waals surface area contributed by atoms with Gasteiger partial charge in [-0.05, 0) is 31.2 Å². The molecule has 0 aliphatic carbocycles. The molecule has 94 valence electrons. The molecular formula is C14H15FN2O. The summed E-state index contributed by atoms with van der Waals surface area (Å²) in [5.41, 5.74) is 1.86. The predicted octanol–water partition coefficient (Wildman–Crippen LogP) is 3.04. The van der Waals surface area contributed by atoms with Gasteiger partial charge in [0, 0.05) is 7.05 Å². The topological polar surface area (TPSA) is 36.4 Å². The molecule has 0 fully saturated rings. The van der Waals surface area contributed by atoms with Gasteiger partial charge in [0.15, 0.2) is 0 Å². The van der Waals surface area contributed by atoms with E-state index in [-0.39, 0.29) is 5.82 Å². The first-order valence-electron chi connectivity index (χ1n) is 5.72. The van der Waals surface area contributed by atoms with Gasteiger partial charge in [-0.3, -0.25) is 4.98 Å². The summed E-state index contributed by atoms with van der Waals surface area (Å²) in [7, 11) is 1.78. The van der Waals surface area contributed by atoms with E-state index in [9.17, 15) is 9.50 Å². The van der Waals surface area contributed by atoms with Gasteiger partial charge >= 0.3 is 0 Å². The molecule has 18 heavy (non-hydrogen) atoms. The number of nitrogens with zero attached hydrogens (tertiary/aromatic N) is 2. The summed E-state index contributed by atoms with van der Waals surface area (Å²) in [6.07, 6.45) is 1.02. The highest BCUT2D eigenvalue weighted by atomic mass is 19.1. The van der Waals surface area contributed by atoms with Gasteiger partial charge < -0.3 is 10.0 Å². The van der Waals surface area contributed by atoms with Crippen LogP contribution in [0, 0.1) is 5.82 Å². The van der Waals surface area contributed by atoms with Gasteiger partial charge in [0.2, 0.25) is 0 Å². The highest BCUT2D eigenvalue weighted by Crippen LogP contribution is 2.25. The van der Waals surface area contributed by atoms with Crippen LogP contribution in [-0.2, 0) is 0 Å². The fourth-order valence-electron chi connectivity index (χ4n) is 1.71. The summed E-state index contributed by atoms with van der Waals surface area (Å²) < 4.78 is 13.6. The fraction of sp³-hybridized carbons (Fsp3) is 0.214. The second-order valence-corrected chi connectivity index (χ2v) is 4.13. The molecule has 1 unspecified atom stereocenters. The normalized spacial score (nSPS) is 12.2. The molecule has 0 saturated carbocycles. The minimum Gasteiger partial charge on any atom is -0.387 e. The number of para-hydroxylation sites is 1. The summed E-state index contributed by atoms with van der Waals surface area (Å²) in [6, 6.07) is 10.1. The third kappa shape index (κ3) is 2.49. The van der Waals surface area contributed by atoms with Crippen molar-refractivity contribution in [2.75, 3.05) is 11.9 Å². The summed E-state index contributed by atoms with van der Waals surface area (Å²) in [6.45, 7) is 1.66. The second kappa shape index (κ2) is 5.14. The molecule has 0 aliphatic heterocycles. The molecule has 1 atom stereocenters. The van der Waals surface area contributed by atoms with E-state index >= 15 is 0 Å². The molecule has 0 bridgehead atoms. The Morgan fingerprint density at radius 2 is 1.94 bits per heavy atom. The third-order valence-electron chi connectivity index (χ3n) is 2.80. The maximum atomic E-state index is 13.6. The van der Waals surface area contributed by atoms with Gasteiger partial charge in [0.05, 0.1) is 29.4 Å². The standard InChI is InChI=1S/C14H15FN2O/c1-10(18)13-8-7-11(9-16-13)17(2)14-6-4-3-5-12(14)15/h3-10,18H,1-2H3. The van der Waals surface area contributed by atoms with Crippen LogP contribution >= 0.6 is 0 Å². The van der Waals surface area contributed by atoms with E-state index < -0.39 is 6.10 Å². The fourth-order valence-corrected chi connectivity index (χ4v) is 1.71. The molecule has 0 radical (unpaired) electrons. The highest BCUT2D eigenvalue weighted by molar-refractivity contribution is 5.62. The van der Waals surface area contributed by atoms with Gasteiger partial charge in [0.25, 0.3) is 0 Å². The molecule has 0 spiro atoms. The molecular weight excluding hydrogens is 231 g/mol. The Morgan fingerprint density at radius 3 is 2.50 bits per heavy atom. The second-order valence-electron chi connectivity index (χ2n) is 4.13. The minimum atomic E-state index is -0.599. The molecule has 4 heteroatoms. The van der Waals surface area contributed by atoms with Crippen molar-refractivity contribution in [3.63, 3.8) is 0 Å². The Kier molecular flexibility index (Phi) is 3.58. The van der Waals surface area contributed by atoms with E-state index in [0.29, 0.717) is 11.4 Å². The Labute approximate surface area is 106 Å². The number of hydrogen-bond acceptors (Lipinski definition) is 3. The quantitative estimate of drug-likeness (QED) is 0.904. The lowest BCUT2D eigenvalue weighted by molar-refractivity contribution is 0.194. The van der Waals surface area contributed by atoms with Crippen LogP contribution in [0.2, 0.25) is 0 Å². The van der Waals surface area contributed by atoms with Crippen LogP contribution in [0.1, 0.15) is 18.7 Å². The van der Waals surface area contributed by atoms with E-state index in [1.807, 2.05) is 6.07 Å². The first-order chi connectivity index (χ1) is 8.59. The van der Waals surface area contributed by atoms with Gasteiger partial charge in [-0.2, -0.15) is 0 Å². The lowest BCUT2D eigenvalue weighted by Gasteiger charge is -2.20. The number of halogens is 1. The zero-order valence-electron chi connectivity index (χ0n) is 10.3. The highest BCUT2D eigenvalue weighted by Gasteiger charge is 2.09. The monoisotopic (exact) mass is 246 g/mol. The van der Waals surface area contributed by atoms with Crippen LogP contribution in [-0.4, -0.2) is 17.1 Å². The van der Waals surface area contributed by atoms with Crippen molar-refractivity contribution in [3.8, 4) is 0 Å². The summed E-state index contributed by atoms with van der Waals surface area (Å²) in [5, 5.41) is 9.38. The van der Waals surface area contributed by atoms with Crippen LogP contribution in [0.5, 0.6) is 0 Å². The van der Waals surface area contributed by atoms with Crippen molar-refractivity contribution in [2.24, 2.45) is 0 Å². The number of aliphatic hydroxyl groups excluding tert-OH is 1. The average molecular weight is 246 g/mol.